The molecule has 25 heavy (non-hydrogen) atoms. The largest absolute Gasteiger partial charge is 0.465 e. The Kier molecular flexibility index (Phi) is 5.60. The van der Waals surface area contributed by atoms with Gasteiger partial charge in [0.05, 0.1) is 0 Å². The van der Waals surface area contributed by atoms with Crippen LogP contribution in [0.5, 0.6) is 5.75 Å². The first-order valence-electron chi connectivity index (χ1n) is 8.62. The van der Waals surface area contributed by atoms with Crippen LogP contribution in [0.25, 0.3) is 0 Å². The lowest BCUT2D eigenvalue weighted by Gasteiger charge is -2.49. The molecular formula is C19H28N2O4. The number of para-hydroxylation sites is 1. The predicted molar refractivity (Wildman–Crippen MR) is 95.8 cm³/mol. The zero-order valence-corrected chi connectivity index (χ0v) is 15.3. The first-order chi connectivity index (χ1) is 11.6. The van der Waals surface area contributed by atoms with Crippen molar-refractivity contribution in [1.82, 2.24) is 10.6 Å². The number of carboxylic acid groups (broad SMARTS) is 1. The Morgan fingerprint density at radius 1 is 1.20 bits per heavy atom. The molecule has 0 aromatic heterocycles. The third kappa shape index (κ3) is 5.37. The maximum atomic E-state index is 12.2. The summed E-state index contributed by atoms with van der Waals surface area (Å²) in [6.07, 6.45) is 0.857. The number of nitrogens with one attached hydrogen (secondary N) is 2. The van der Waals surface area contributed by atoms with Crippen molar-refractivity contribution in [2.45, 2.75) is 59.0 Å². The van der Waals surface area contributed by atoms with Crippen LogP contribution in [0.4, 0.5) is 9.59 Å². The van der Waals surface area contributed by atoms with Crippen molar-refractivity contribution >= 4 is 12.2 Å². The maximum absolute atomic E-state index is 12.2. The van der Waals surface area contributed by atoms with Gasteiger partial charge < -0.3 is 20.5 Å². The lowest BCUT2D eigenvalue weighted by atomic mass is 9.60. The first kappa shape index (κ1) is 19.1. The molecule has 1 fully saturated rings. The molecule has 1 aromatic rings. The van der Waals surface area contributed by atoms with Crippen molar-refractivity contribution in [3.8, 4) is 5.75 Å². The molecule has 0 bridgehead atoms. The van der Waals surface area contributed by atoms with Crippen LogP contribution in [0, 0.1) is 10.8 Å². The average molecular weight is 348 g/mol. The maximum Gasteiger partial charge on any atom is 0.412 e. The summed E-state index contributed by atoms with van der Waals surface area (Å²) in [5.74, 6) is 0.492. The summed E-state index contributed by atoms with van der Waals surface area (Å²) in [5.41, 5.74) is -0.246. The Morgan fingerprint density at radius 3 is 2.44 bits per heavy atom. The van der Waals surface area contributed by atoms with Crippen LogP contribution in [-0.2, 0) is 0 Å². The van der Waals surface area contributed by atoms with Crippen LogP contribution < -0.4 is 15.4 Å². The molecule has 1 aliphatic carbocycles. The summed E-state index contributed by atoms with van der Waals surface area (Å²) >= 11 is 0. The molecule has 3 atom stereocenters. The highest BCUT2D eigenvalue weighted by Gasteiger charge is 2.45. The topological polar surface area (TPSA) is 87.7 Å². The van der Waals surface area contributed by atoms with E-state index >= 15 is 0 Å². The van der Waals surface area contributed by atoms with Gasteiger partial charge in [0.1, 0.15) is 5.75 Å². The molecule has 6 heteroatoms. The smallest absolute Gasteiger partial charge is 0.412 e. The van der Waals surface area contributed by atoms with Crippen molar-refractivity contribution in [3.05, 3.63) is 30.3 Å². The van der Waals surface area contributed by atoms with Crippen LogP contribution in [0.3, 0.4) is 0 Å². The van der Waals surface area contributed by atoms with Crippen LogP contribution in [-0.4, -0.2) is 29.4 Å². The van der Waals surface area contributed by atoms with E-state index in [0.717, 1.165) is 12.8 Å². The van der Waals surface area contributed by atoms with Crippen LogP contribution in [0.1, 0.15) is 47.0 Å². The zero-order valence-electron chi connectivity index (χ0n) is 15.3. The highest BCUT2D eigenvalue weighted by atomic mass is 16.6. The minimum Gasteiger partial charge on any atom is -0.465 e. The lowest BCUT2D eigenvalue weighted by molar-refractivity contribution is 0.0445. The van der Waals surface area contributed by atoms with Crippen molar-refractivity contribution < 1.29 is 19.4 Å². The van der Waals surface area contributed by atoms with Gasteiger partial charge >= 0.3 is 12.2 Å². The fraction of sp³-hybridized carbons (Fsp3) is 0.579. The van der Waals surface area contributed by atoms with Crippen molar-refractivity contribution in [1.29, 1.82) is 0 Å². The van der Waals surface area contributed by atoms with Gasteiger partial charge in [-0.25, -0.2) is 9.59 Å². The molecule has 138 valence electrons. The first-order valence-corrected chi connectivity index (χ1v) is 8.62. The van der Waals surface area contributed by atoms with E-state index < -0.39 is 12.2 Å². The van der Waals surface area contributed by atoms with E-state index in [4.69, 9.17) is 9.84 Å². The average Bonchev–Trinajstić information content (AvgIpc) is 2.45. The predicted octanol–water partition coefficient (Wildman–Crippen LogP) is 4.02. The fourth-order valence-corrected chi connectivity index (χ4v) is 4.12. The monoisotopic (exact) mass is 348 g/mol. The highest BCUT2D eigenvalue weighted by Crippen LogP contribution is 2.47. The molecule has 2 amide bonds. The molecule has 0 aliphatic heterocycles. The van der Waals surface area contributed by atoms with Gasteiger partial charge in [-0.1, -0.05) is 39.0 Å². The molecule has 0 spiro atoms. The van der Waals surface area contributed by atoms with Gasteiger partial charge in [0, 0.05) is 12.1 Å². The van der Waals surface area contributed by atoms with E-state index in [1.807, 2.05) is 13.0 Å². The van der Waals surface area contributed by atoms with E-state index in [-0.39, 0.29) is 22.9 Å². The fourth-order valence-electron chi connectivity index (χ4n) is 4.12. The van der Waals surface area contributed by atoms with Crippen LogP contribution >= 0.6 is 0 Å². The number of amides is 2. The summed E-state index contributed by atoms with van der Waals surface area (Å²) in [6, 6.07) is 8.64. The third-order valence-electron chi connectivity index (χ3n) is 5.06. The zero-order chi connectivity index (χ0) is 18.7. The number of hydrogen-bond acceptors (Lipinski definition) is 3. The second kappa shape index (κ2) is 7.33. The number of ether oxygens (including phenoxy) is 1. The number of hydrogen-bond donors (Lipinski definition) is 3. The quantitative estimate of drug-likeness (QED) is 0.767. The van der Waals surface area contributed by atoms with Crippen LogP contribution in [0.2, 0.25) is 0 Å². The number of benzene rings is 1. The SMILES string of the molecule is CC(NC(=O)Oc1ccccc1)C1(C)CC(NC(=O)O)CC(C)(C)C1. The summed E-state index contributed by atoms with van der Waals surface area (Å²) in [5, 5.41) is 14.6. The van der Waals surface area contributed by atoms with Crippen molar-refractivity contribution in [2.24, 2.45) is 10.8 Å². The minimum absolute atomic E-state index is 0.0145. The minimum atomic E-state index is -1.01. The summed E-state index contributed by atoms with van der Waals surface area (Å²) in [7, 11) is 0. The van der Waals surface area contributed by atoms with Gasteiger partial charge in [-0.15, -0.1) is 0 Å². The van der Waals surface area contributed by atoms with E-state index in [0.29, 0.717) is 12.2 Å². The molecule has 0 heterocycles. The molecule has 6 nitrogen and oxygen atoms in total. The number of carbonyl (C=O) groups is 2. The van der Waals surface area contributed by atoms with Gasteiger partial charge in [-0.3, -0.25) is 0 Å². The van der Waals surface area contributed by atoms with Crippen molar-refractivity contribution in [3.63, 3.8) is 0 Å². The normalized spacial score (nSPS) is 26.3. The van der Waals surface area contributed by atoms with Gasteiger partial charge in [0.25, 0.3) is 0 Å². The van der Waals surface area contributed by atoms with Crippen LogP contribution in [0.15, 0.2) is 30.3 Å². The van der Waals surface area contributed by atoms with Gasteiger partial charge in [0.15, 0.2) is 0 Å². The van der Waals surface area contributed by atoms with Crippen molar-refractivity contribution in [2.75, 3.05) is 0 Å². The van der Waals surface area contributed by atoms with Gasteiger partial charge in [-0.2, -0.15) is 0 Å². The molecule has 3 unspecified atom stereocenters. The second-order valence-electron chi connectivity index (χ2n) is 8.12. The Morgan fingerprint density at radius 2 is 1.84 bits per heavy atom. The standard InChI is InChI=1S/C19H28N2O4/c1-13(20-17(24)25-15-8-6-5-7-9-15)19(4)11-14(21-16(22)23)10-18(2,3)12-19/h5-9,13-14,21H,10-12H2,1-4H3,(H,20,24)(H,22,23). The lowest BCUT2D eigenvalue weighted by Crippen LogP contribution is -2.54. The van der Waals surface area contributed by atoms with E-state index in [9.17, 15) is 9.59 Å². The number of carbonyl (C=O) groups excluding carboxylic acids is 1. The van der Waals surface area contributed by atoms with E-state index in [1.54, 1.807) is 24.3 Å². The van der Waals surface area contributed by atoms with Gasteiger partial charge in [-0.05, 0) is 49.1 Å². The molecule has 2 rings (SSSR count). The van der Waals surface area contributed by atoms with Gasteiger partial charge in [0.2, 0.25) is 0 Å². The summed E-state index contributed by atoms with van der Waals surface area (Å²) in [6.45, 7) is 8.31. The molecule has 1 aromatic carbocycles. The molecule has 0 saturated heterocycles. The summed E-state index contributed by atoms with van der Waals surface area (Å²) < 4.78 is 5.30. The highest BCUT2D eigenvalue weighted by molar-refractivity contribution is 5.70. The molecule has 1 saturated carbocycles. The van der Waals surface area contributed by atoms with E-state index in [1.165, 1.54) is 0 Å². The number of rotatable bonds is 4. The molecule has 3 N–H and O–H groups in total. The molecule has 1 aliphatic rings. The Labute approximate surface area is 149 Å². The third-order valence-corrected chi connectivity index (χ3v) is 5.06. The molecule has 0 radical (unpaired) electrons. The Balaban J connectivity index is 2.03. The second-order valence-corrected chi connectivity index (χ2v) is 8.12. The summed E-state index contributed by atoms with van der Waals surface area (Å²) in [4.78, 5) is 23.2. The Bertz CT molecular complexity index is 617. The Hall–Kier alpha value is -2.24. The molecular weight excluding hydrogens is 320 g/mol. The van der Waals surface area contributed by atoms with E-state index in [2.05, 4.69) is 31.4 Å².